The highest BCUT2D eigenvalue weighted by Gasteiger charge is 2.09. The Morgan fingerprint density at radius 1 is 1.58 bits per heavy atom. The maximum absolute atomic E-state index is 11.8. The van der Waals surface area contributed by atoms with Gasteiger partial charge in [-0.1, -0.05) is 11.6 Å². The number of methoxy groups -OCH3 is 1. The molecule has 7 nitrogen and oxygen atoms in total. The van der Waals surface area contributed by atoms with Crippen LogP contribution in [0.5, 0.6) is 0 Å². The van der Waals surface area contributed by atoms with Gasteiger partial charge in [-0.05, 0) is 0 Å². The highest BCUT2D eigenvalue weighted by atomic mass is 35.5. The standard InChI is InChI=1S/C11H17ClN4O3/c1-13-9(17)3-4-14-8-7-15-16(5-6-19-2)11(18)10(8)12/h7,14H,3-6H2,1-2H3,(H,13,17). The summed E-state index contributed by atoms with van der Waals surface area (Å²) in [5.41, 5.74) is 0.0351. The monoisotopic (exact) mass is 288 g/mol. The smallest absolute Gasteiger partial charge is 0.287 e. The van der Waals surface area contributed by atoms with Crippen LogP contribution in [0.4, 0.5) is 5.69 Å². The fourth-order valence-electron chi connectivity index (χ4n) is 1.36. The molecule has 0 atom stereocenters. The van der Waals surface area contributed by atoms with Gasteiger partial charge in [0.25, 0.3) is 5.56 Å². The molecule has 0 radical (unpaired) electrons. The van der Waals surface area contributed by atoms with Crippen LogP contribution in [0.2, 0.25) is 5.02 Å². The fourth-order valence-corrected chi connectivity index (χ4v) is 1.57. The molecule has 0 unspecified atom stereocenters. The number of carbonyl (C=O) groups excluding carboxylic acids is 1. The molecule has 0 spiro atoms. The van der Waals surface area contributed by atoms with Crippen LogP contribution in [0.15, 0.2) is 11.0 Å². The minimum atomic E-state index is -0.386. The van der Waals surface area contributed by atoms with Crippen LogP contribution in [0.25, 0.3) is 0 Å². The van der Waals surface area contributed by atoms with E-state index in [1.54, 1.807) is 14.2 Å². The summed E-state index contributed by atoms with van der Waals surface area (Å²) < 4.78 is 6.10. The third-order valence-corrected chi connectivity index (χ3v) is 2.80. The molecule has 0 bridgehead atoms. The van der Waals surface area contributed by atoms with Crippen LogP contribution < -0.4 is 16.2 Å². The van der Waals surface area contributed by atoms with Gasteiger partial charge in [0.05, 0.1) is 25.0 Å². The van der Waals surface area contributed by atoms with E-state index >= 15 is 0 Å². The first-order valence-corrected chi connectivity index (χ1v) is 6.17. The van der Waals surface area contributed by atoms with Crippen molar-refractivity contribution in [3.63, 3.8) is 0 Å². The number of nitrogens with one attached hydrogen (secondary N) is 2. The van der Waals surface area contributed by atoms with Crippen LogP contribution in [0, 0.1) is 0 Å². The largest absolute Gasteiger partial charge is 0.383 e. The van der Waals surface area contributed by atoms with E-state index in [2.05, 4.69) is 15.7 Å². The number of rotatable bonds is 7. The number of carbonyl (C=O) groups is 1. The van der Waals surface area contributed by atoms with Gasteiger partial charge in [0.1, 0.15) is 5.02 Å². The lowest BCUT2D eigenvalue weighted by atomic mass is 10.3. The first-order valence-electron chi connectivity index (χ1n) is 5.79. The molecule has 0 aromatic carbocycles. The van der Waals surface area contributed by atoms with Crippen LogP contribution in [-0.2, 0) is 16.1 Å². The van der Waals surface area contributed by atoms with Crippen molar-refractivity contribution in [2.75, 3.05) is 32.6 Å². The average Bonchev–Trinajstić information content (AvgIpc) is 2.42. The Balaban J connectivity index is 2.68. The van der Waals surface area contributed by atoms with E-state index < -0.39 is 0 Å². The van der Waals surface area contributed by atoms with Gasteiger partial charge >= 0.3 is 0 Å². The predicted octanol–water partition coefficient (Wildman–Crippen LogP) is 0.0911. The maximum Gasteiger partial charge on any atom is 0.287 e. The van der Waals surface area contributed by atoms with Crippen molar-refractivity contribution in [2.24, 2.45) is 0 Å². The number of amides is 1. The molecule has 1 aromatic rings. The molecule has 0 saturated carbocycles. The number of anilines is 1. The third-order valence-electron chi connectivity index (χ3n) is 2.44. The number of ether oxygens (including phenoxy) is 1. The SMILES string of the molecule is CNC(=O)CCNc1cnn(CCOC)c(=O)c1Cl. The van der Waals surface area contributed by atoms with Gasteiger partial charge in [-0.15, -0.1) is 0 Å². The normalized spacial score (nSPS) is 10.3. The van der Waals surface area contributed by atoms with Gasteiger partial charge in [0, 0.05) is 27.1 Å². The topological polar surface area (TPSA) is 85.2 Å². The van der Waals surface area contributed by atoms with E-state index in [-0.39, 0.29) is 16.5 Å². The summed E-state index contributed by atoms with van der Waals surface area (Å²) in [6, 6.07) is 0. The maximum atomic E-state index is 11.8. The van der Waals surface area contributed by atoms with E-state index in [0.717, 1.165) is 0 Å². The predicted molar refractivity (Wildman–Crippen MR) is 72.6 cm³/mol. The lowest BCUT2D eigenvalue weighted by Crippen LogP contribution is -2.26. The van der Waals surface area contributed by atoms with Crippen LogP contribution >= 0.6 is 11.6 Å². The van der Waals surface area contributed by atoms with Gasteiger partial charge in [0.15, 0.2) is 0 Å². The first-order chi connectivity index (χ1) is 9.10. The zero-order valence-electron chi connectivity index (χ0n) is 10.9. The van der Waals surface area contributed by atoms with Crippen molar-refractivity contribution >= 4 is 23.2 Å². The van der Waals surface area contributed by atoms with Crippen molar-refractivity contribution in [1.82, 2.24) is 15.1 Å². The molecule has 106 valence electrons. The summed E-state index contributed by atoms with van der Waals surface area (Å²) in [6.07, 6.45) is 1.75. The van der Waals surface area contributed by atoms with E-state index in [1.165, 1.54) is 10.9 Å². The number of nitrogens with zero attached hydrogens (tertiary/aromatic N) is 2. The number of hydrogen-bond donors (Lipinski definition) is 2. The van der Waals surface area contributed by atoms with Crippen LogP contribution in [0.1, 0.15) is 6.42 Å². The van der Waals surface area contributed by atoms with E-state index in [9.17, 15) is 9.59 Å². The summed E-state index contributed by atoms with van der Waals surface area (Å²) in [4.78, 5) is 22.9. The lowest BCUT2D eigenvalue weighted by Gasteiger charge is -2.09. The molecule has 0 fully saturated rings. The second-order valence-electron chi connectivity index (χ2n) is 3.74. The number of halogens is 1. The quantitative estimate of drug-likeness (QED) is 0.743. The first kappa shape index (κ1) is 15.5. The molecular formula is C11H17ClN4O3. The van der Waals surface area contributed by atoms with Crippen molar-refractivity contribution in [3.8, 4) is 0 Å². The van der Waals surface area contributed by atoms with Crippen molar-refractivity contribution < 1.29 is 9.53 Å². The Morgan fingerprint density at radius 2 is 2.32 bits per heavy atom. The van der Waals surface area contributed by atoms with Gasteiger partial charge < -0.3 is 15.4 Å². The molecule has 1 amide bonds. The highest BCUT2D eigenvalue weighted by molar-refractivity contribution is 6.32. The molecule has 8 heteroatoms. The molecule has 0 saturated heterocycles. The Labute approximate surface area is 115 Å². The lowest BCUT2D eigenvalue weighted by molar-refractivity contribution is -0.120. The van der Waals surface area contributed by atoms with E-state index in [4.69, 9.17) is 16.3 Å². The minimum absolute atomic E-state index is 0.0583. The van der Waals surface area contributed by atoms with Crippen molar-refractivity contribution in [2.45, 2.75) is 13.0 Å². The van der Waals surface area contributed by atoms with Crippen molar-refractivity contribution in [1.29, 1.82) is 0 Å². The Morgan fingerprint density at radius 3 is 2.95 bits per heavy atom. The summed E-state index contributed by atoms with van der Waals surface area (Å²) in [5.74, 6) is -0.0926. The second kappa shape index (κ2) is 7.75. The molecule has 0 aliphatic rings. The second-order valence-corrected chi connectivity index (χ2v) is 4.12. The zero-order chi connectivity index (χ0) is 14.3. The Kier molecular flexibility index (Phi) is 6.31. The van der Waals surface area contributed by atoms with Crippen LogP contribution in [-0.4, -0.2) is 43.0 Å². The Bertz CT molecular complexity index is 489. The summed E-state index contributed by atoms with van der Waals surface area (Å²) in [7, 11) is 3.11. The zero-order valence-corrected chi connectivity index (χ0v) is 11.7. The third kappa shape index (κ3) is 4.53. The highest BCUT2D eigenvalue weighted by Crippen LogP contribution is 2.14. The Hall–Kier alpha value is -1.60. The molecule has 1 aromatic heterocycles. The molecule has 19 heavy (non-hydrogen) atoms. The molecule has 2 N–H and O–H groups in total. The van der Waals surface area contributed by atoms with Gasteiger partial charge in [-0.2, -0.15) is 5.10 Å². The summed E-state index contributed by atoms with van der Waals surface area (Å²) in [6.45, 7) is 1.10. The van der Waals surface area contributed by atoms with Gasteiger partial charge in [0.2, 0.25) is 5.91 Å². The molecule has 0 aliphatic carbocycles. The van der Waals surface area contributed by atoms with E-state index in [0.29, 0.717) is 31.8 Å². The minimum Gasteiger partial charge on any atom is -0.383 e. The van der Waals surface area contributed by atoms with Crippen LogP contribution in [0.3, 0.4) is 0 Å². The molecular weight excluding hydrogens is 272 g/mol. The molecule has 1 heterocycles. The van der Waals surface area contributed by atoms with E-state index in [1.807, 2.05) is 0 Å². The number of hydrogen-bond acceptors (Lipinski definition) is 5. The number of aromatic nitrogens is 2. The van der Waals surface area contributed by atoms with Gasteiger partial charge in [-0.25, -0.2) is 4.68 Å². The van der Waals surface area contributed by atoms with Gasteiger partial charge in [-0.3, -0.25) is 9.59 Å². The molecule has 0 aliphatic heterocycles. The summed E-state index contributed by atoms with van der Waals surface area (Å²) in [5, 5.41) is 9.43. The fraction of sp³-hybridized carbons (Fsp3) is 0.545. The van der Waals surface area contributed by atoms with Crippen molar-refractivity contribution in [3.05, 3.63) is 21.6 Å². The molecule has 1 rings (SSSR count). The average molecular weight is 289 g/mol. The summed E-state index contributed by atoms with van der Waals surface area (Å²) >= 11 is 5.95.